The molecule has 1 unspecified atom stereocenters. The number of rotatable bonds is 0. The Hall–Kier alpha value is -0.890. The highest BCUT2D eigenvalue weighted by molar-refractivity contribution is 6.31. The van der Waals surface area contributed by atoms with Crippen LogP contribution in [0.25, 0.3) is 0 Å². The van der Waals surface area contributed by atoms with Gasteiger partial charge in [0.1, 0.15) is 5.82 Å². The van der Waals surface area contributed by atoms with E-state index in [-0.39, 0.29) is 17.5 Å². The fraction of sp³-hybridized carbons (Fsp3) is 0.364. The molecular weight excluding hydrogens is 203 g/mol. The predicted molar refractivity (Wildman–Crippen MR) is 53.2 cm³/mol. The molecule has 3 heteroatoms. The zero-order valence-corrected chi connectivity index (χ0v) is 8.57. The molecule has 0 N–H and O–H groups in total. The molecule has 1 aromatic carbocycles. The second-order valence-corrected chi connectivity index (χ2v) is 4.15. The molecular formula is C11H10ClFO. The van der Waals surface area contributed by atoms with Crippen LogP contribution in [0, 0.1) is 11.7 Å². The molecule has 14 heavy (non-hydrogen) atoms. The van der Waals surface area contributed by atoms with Gasteiger partial charge in [-0.3, -0.25) is 4.79 Å². The summed E-state index contributed by atoms with van der Waals surface area (Å²) in [5.41, 5.74) is 0.992. The molecule has 0 spiro atoms. The van der Waals surface area contributed by atoms with Crippen LogP contribution in [-0.2, 0) is 6.42 Å². The van der Waals surface area contributed by atoms with Gasteiger partial charge < -0.3 is 0 Å². The molecule has 0 aliphatic heterocycles. The molecule has 2 rings (SSSR count). The summed E-state index contributed by atoms with van der Waals surface area (Å²) in [5, 5.41) is 0.295. The van der Waals surface area contributed by atoms with E-state index in [9.17, 15) is 9.18 Å². The van der Waals surface area contributed by atoms with Crippen LogP contribution >= 0.6 is 11.6 Å². The lowest BCUT2D eigenvalue weighted by atomic mass is 9.83. The van der Waals surface area contributed by atoms with Crippen LogP contribution in [0.5, 0.6) is 0 Å². The fourth-order valence-corrected chi connectivity index (χ4v) is 2.04. The third-order valence-electron chi connectivity index (χ3n) is 2.70. The minimum absolute atomic E-state index is 0.00708. The third-order valence-corrected chi connectivity index (χ3v) is 2.92. The molecule has 1 aromatic rings. The monoisotopic (exact) mass is 212 g/mol. The van der Waals surface area contributed by atoms with Gasteiger partial charge in [-0.05, 0) is 30.5 Å². The lowest BCUT2D eigenvalue weighted by Gasteiger charge is -2.20. The Morgan fingerprint density at radius 3 is 2.93 bits per heavy atom. The van der Waals surface area contributed by atoms with E-state index in [1.54, 1.807) is 6.07 Å². The molecule has 0 fully saturated rings. The Labute approximate surface area is 86.9 Å². The van der Waals surface area contributed by atoms with E-state index in [0.29, 0.717) is 22.6 Å². The zero-order chi connectivity index (χ0) is 10.3. The molecule has 1 aliphatic carbocycles. The topological polar surface area (TPSA) is 17.1 Å². The maximum absolute atomic E-state index is 13.4. The lowest BCUT2D eigenvalue weighted by molar-refractivity contribution is 0.0912. The average Bonchev–Trinajstić information content (AvgIpc) is 2.12. The summed E-state index contributed by atoms with van der Waals surface area (Å²) in [5.74, 6) is -0.360. The van der Waals surface area contributed by atoms with Gasteiger partial charge >= 0.3 is 0 Å². The number of ketones is 1. The first-order valence-electron chi connectivity index (χ1n) is 4.61. The van der Waals surface area contributed by atoms with Crippen molar-refractivity contribution in [2.75, 3.05) is 0 Å². The fourth-order valence-electron chi connectivity index (χ4n) is 1.83. The average molecular weight is 213 g/mol. The van der Waals surface area contributed by atoms with Crippen LogP contribution < -0.4 is 0 Å². The van der Waals surface area contributed by atoms with E-state index in [0.717, 1.165) is 6.42 Å². The molecule has 0 bridgehead atoms. The SMILES string of the molecule is CC1CCc2c(F)cc(Cl)cc2C1=O. The van der Waals surface area contributed by atoms with Gasteiger partial charge in [-0.1, -0.05) is 18.5 Å². The Kier molecular flexibility index (Phi) is 2.31. The van der Waals surface area contributed by atoms with Gasteiger partial charge in [0.15, 0.2) is 5.78 Å². The molecule has 1 atom stereocenters. The summed E-state index contributed by atoms with van der Waals surface area (Å²) in [6.45, 7) is 1.87. The number of benzene rings is 1. The second-order valence-electron chi connectivity index (χ2n) is 3.72. The van der Waals surface area contributed by atoms with Gasteiger partial charge in [-0.2, -0.15) is 0 Å². The third kappa shape index (κ3) is 1.44. The number of hydrogen-bond acceptors (Lipinski definition) is 1. The summed E-state index contributed by atoms with van der Waals surface area (Å²) in [7, 11) is 0. The van der Waals surface area contributed by atoms with E-state index < -0.39 is 0 Å². The summed E-state index contributed by atoms with van der Waals surface area (Å²) in [4.78, 5) is 11.7. The molecule has 0 aromatic heterocycles. The lowest BCUT2D eigenvalue weighted by Crippen LogP contribution is -2.21. The van der Waals surface area contributed by atoms with Crippen LogP contribution in [-0.4, -0.2) is 5.78 Å². The van der Waals surface area contributed by atoms with Crippen molar-refractivity contribution < 1.29 is 9.18 Å². The van der Waals surface area contributed by atoms with Crippen LogP contribution in [0.4, 0.5) is 4.39 Å². The first-order chi connectivity index (χ1) is 6.59. The molecule has 0 heterocycles. The number of halogens is 2. The van der Waals surface area contributed by atoms with Crippen LogP contribution in [0.2, 0.25) is 5.02 Å². The van der Waals surface area contributed by atoms with Crippen molar-refractivity contribution >= 4 is 17.4 Å². The minimum atomic E-state index is -0.354. The maximum atomic E-state index is 13.4. The minimum Gasteiger partial charge on any atom is -0.294 e. The normalized spacial score (nSPS) is 20.8. The van der Waals surface area contributed by atoms with E-state index in [2.05, 4.69) is 0 Å². The highest BCUT2D eigenvalue weighted by atomic mass is 35.5. The van der Waals surface area contributed by atoms with E-state index in [4.69, 9.17) is 11.6 Å². The number of carbonyl (C=O) groups excluding carboxylic acids is 1. The smallest absolute Gasteiger partial charge is 0.166 e. The first-order valence-corrected chi connectivity index (χ1v) is 4.99. The van der Waals surface area contributed by atoms with Gasteiger partial charge in [0.2, 0.25) is 0 Å². The van der Waals surface area contributed by atoms with Gasteiger partial charge in [0, 0.05) is 16.5 Å². The highest BCUT2D eigenvalue weighted by Crippen LogP contribution is 2.29. The van der Waals surface area contributed by atoms with Gasteiger partial charge in [-0.25, -0.2) is 4.39 Å². The number of fused-ring (bicyclic) bond motifs is 1. The van der Waals surface area contributed by atoms with Crippen molar-refractivity contribution in [2.45, 2.75) is 19.8 Å². The predicted octanol–water partition coefficient (Wildman–Crippen LogP) is 3.24. The van der Waals surface area contributed by atoms with Gasteiger partial charge in [0.25, 0.3) is 0 Å². The van der Waals surface area contributed by atoms with E-state index in [1.165, 1.54) is 6.07 Å². The Bertz CT molecular complexity index is 401. The van der Waals surface area contributed by atoms with Crippen molar-refractivity contribution in [3.05, 3.63) is 34.1 Å². The quantitative estimate of drug-likeness (QED) is 0.645. The largest absolute Gasteiger partial charge is 0.294 e. The first kappa shape index (κ1) is 9.66. The van der Waals surface area contributed by atoms with E-state index >= 15 is 0 Å². The summed E-state index contributed by atoms with van der Waals surface area (Å²) >= 11 is 5.70. The standard InChI is InChI=1S/C11H10ClFO/c1-6-2-3-8-9(11(6)14)4-7(12)5-10(8)13/h4-6H,2-3H2,1H3. The second kappa shape index (κ2) is 3.35. The highest BCUT2D eigenvalue weighted by Gasteiger charge is 2.26. The van der Waals surface area contributed by atoms with Crippen LogP contribution in [0.3, 0.4) is 0 Å². The van der Waals surface area contributed by atoms with E-state index in [1.807, 2.05) is 6.92 Å². The van der Waals surface area contributed by atoms with Crippen molar-refractivity contribution in [3.8, 4) is 0 Å². The van der Waals surface area contributed by atoms with Crippen molar-refractivity contribution in [3.63, 3.8) is 0 Å². The summed E-state index contributed by atoms with van der Waals surface area (Å²) < 4.78 is 13.4. The zero-order valence-electron chi connectivity index (χ0n) is 7.81. The number of Topliss-reactive ketones (excluding diaryl/α,β-unsaturated/α-hetero) is 1. The Morgan fingerprint density at radius 2 is 2.21 bits per heavy atom. The number of hydrogen-bond donors (Lipinski definition) is 0. The Morgan fingerprint density at radius 1 is 1.50 bits per heavy atom. The summed E-state index contributed by atoms with van der Waals surface area (Å²) in [6, 6.07) is 2.83. The van der Waals surface area contributed by atoms with Gasteiger partial charge in [-0.15, -0.1) is 0 Å². The van der Waals surface area contributed by atoms with Gasteiger partial charge in [0.05, 0.1) is 0 Å². The molecule has 1 nitrogen and oxygen atoms in total. The van der Waals surface area contributed by atoms with Crippen LogP contribution in [0.15, 0.2) is 12.1 Å². The molecule has 0 amide bonds. The molecule has 0 radical (unpaired) electrons. The molecule has 0 saturated carbocycles. The number of carbonyl (C=O) groups is 1. The Balaban J connectivity index is 2.60. The molecule has 74 valence electrons. The molecule has 0 saturated heterocycles. The van der Waals surface area contributed by atoms with Crippen molar-refractivity contribution in [1.29, 1.82) is 0 Å². The summed E-state index contributed by atoms with van der Waals surface area (Å²) in [6.07, 6.45) is 1.36. The van der Waals surface area contributed by atoms with Crippen molar-refractivity contribution in [1.82, 2.24) is 0 Å². The maximum Gasteiger partial charge on any atom is 0.166 e. The molecule has 1 aliphatic rings. The van der Waals surface area contributed by atoms with Crippen molar-refractivity contribution in [2.24, 2.45) is 5.92 Å². The van der Waals surface area contributed by atoms with Crippen LogP contribution in [0.1, 0.15) is 29.3 Å².